The van der Waals surface area contributed by atoms with Crippen LogP contribution in [-0.2, 0) is 11.0 Å². The fourth-order valence-electron chi connectivity index (χ4n) is 1.26. The molecule has 0 aliphatic carbocycles. The van der Waals surface area contributed by atoms with E-state index < -0.39 is 8.32 Å². The second-order valence-corrected chi connectivity index (χ2v) is 9.14. The number of hydrogen-bond acceptors (Lipinski definition) is 2. The predicted molar refractivity (Wildman–Crippen MR) is 67.4 cm³/mol. The number of nitrogens with one attached hydrogen (secondary N) is 1. The topological polar surface area (TPSA) is 21.3 Å². The molecule has 2 nitrogen and oxygen atoms in total. The minimum atomic E-state index is -1.33. The van der Waals surface area contributed by atoms with Crippen molar-refractivity contribution in [3.8, 4) is 0 Å². The maximum atomic E-state index is 5.74. The van der Waals surface area contributed by atoms with E-state index in [0.717, 1.165) is 19.7 Å². The fraction of sp³-hybridized carbons (Fsp3) is 0.500. The van der Waals surface area contributed by atoms with E-state index in [2.05, 4.69) is 49.2 Å². The van der Waals surface area contributed by atoms with Gasteiger partial charge in [-0.3, -0.25) is 0 Å². The molecule has 0 saturated carbocycles. The molecule has 15 heavy (non-hydrogen) atoms. The molecular weight excluding hydrogens is 202 g/mol. The summed E-state index contributed by atoms with van der Waals surface area (Å²) in [6.07, 6.45) is 0. The quantitative estimate of drug-likeness (QED) is 0.591. The smallest absolute Gasteiger partial charge is 0.183 e. The van der Waals surface area contributed by atoms with E-state index in [9.17, 15) is 0 Å². The Morgan fingerprint density at radius 2 is 1.80 bits per heavy atom. The summed E-state index contributed by atoms with van der Waals surface area (Å²) < 4.78 is 5.74. The average molecular weight is 223 g/mol. The van der Waals surface area contributed by atoms with Crippen molar-refractivity contribution in [2.75, 3.05) is 13.2 Å². The van der Waals surface area contributed by atoms with Crippen LogP contribution in [0.15, 0.2) is 30.3 Å². The molecule has 0 saturated heterocycles. The first-order chi connectivity index (χ1) is 7.08. The van der Waals surface area contributed by atoms with E-state index in [1.54, 1.807) is 0 Å². The zero-order valence-electron chi connectivity index (χ0n) is 9.92. The monoisotopic (exact) mass is 223 g/mol. The predicted octanol–water partition coefficient (Wildman–Crippen LogP) is 2.63. The molecule has 1 aromatic carbocycles. The number of benzene rings is 1. The van der Waals surface area contributed by atoms with Gasteiger partial charge in [0.05, 0.1) is 0 Å². The van der Waals surface area contributed by atoms with Gasteiger partial charge in [-0.05, 0) is 25.2 Å². The van der Waals surface area contributed by atoms with Crippen molar-refractivity contribution < 1.29 is 4.43 Å². The van der Waals surface area contributed by atoms with Crippen LogP contribution in [0, 0.1) is 0 Å². The van der Waals surface area contributed by atoms with Crippen LogP contribution in [0.3, 0.4) is 0 Å². The van der Waals surface area contributed by atoms with Gasteiger partial charge in [-0.1, -0.05) is 30.3 Å². The van der Waals surface area contributed by atoms with Crippen LogP contribution in [0.4, 0.5) is 0 Å². The highest BCUT2D eigenvalue weighted by Gasteiger charge is 2.12. The first-order valence-electron chi connectivity index (χ1n) is 5.46. The molecule has 0 aliphatic rings. The molecule has 84 valence electrons. The van der Waals surface area contributed by atoms with Crippen LogP contribution >= 0.6 is 0 Å². The van der Waals surface area contributed by atoms with Gasteiger partial charge in [0.15, 0.2) is 8.32 Å². The first kappa shape index (κ1) is 12.4. The standard InChI is InChI=1S/C12H21NOSi/c1-15(2,3)14-10-9-13-11-12-7-5-4-6-8-12/h4-8,13H,9-11H2,1-3H3. The molecule has 1 rings (SSSR count). The summed E-state index contributed by atoms with van der Waals surface area (Å²) in [6, 6.07) is 10.4. The lowest BCUT2D eigenvalue weighted by molar-refractivity contribution is 0.307. The lowest BCUT2D eigenvalue weighted by atomic mass is 10.2. The minimum absolute atomic E-state index is 0.822. The molecule has 0 heterocycles. The SMILES string of the molecule is C[Si](C)(C)OCCNCc1ccccc1. The van der Waals surface area contributed by atoms with E-state index in [0.29, 0.717) is 0 Å². The van der Waals surface area contributed by atoms with Gasteiger partial charge in [0.1, 0.15) is 0 Å². The van der Waals surface area contributed by atoms with Crippen molar-refractivity contribution in [3.63, 3.8) is 0 Å². The molecule has 0 radical (unpaired) electrons. The van der Waals surface area contributed by atoms with Gasteiger partial charge in [-0.15, -0.1) is 0 Å². The number of hydrogen-bond donors (Lipinski definition) is 1. The Labute approximate surface area is 93.8 Å². The highest BCUT2D eigenvalue weighted by Crippen LogP contribution is 2.01. The van der Waals surface area contributed by atoms with Crippen LogP contribution in [0.1, 0.15) is 5.56 Å². The largest absolute Gasteiger partial charge is 0.416 e. The first-order valence-corrected chi connectivity index (χ1v) is 8.87. The van der Waals surface area contributed by atoms with Crippen LogP contribution in [0.5, 0.6) is 0 Å². The van der Waals surface area contributed by atoms with Gasteiger partial charge >= 0.3 is 0 Å². The number of rotatable bonds is 6. The zero-order chi connectivity index (χ0) is 11.1. The lowest BCUT2D eigenvalue weighted by Gasteiger charge is -2.17. The Bertz CT molecular complexity index is 269. The summed E-state index contributed by atoms with van der Waals surface area (Å²) in [5, 5.41) is 3.37. The normalized spacial score (nSPS) is 11.7. The van der Waals surface area contributed by atoms with Gasteiger partial charge in [-0.2, -0.15) is 0 Å². The molecule has 1 N–H and O–H groups in total. The maximum Gasteiger partial charge on any atom is 0.183 e. The summed E-state index contributed by atoms with van der Waals surface area (Å²) in [7, 11) is -1.33. The molecule has 1 aromatic rings. The van der Waals surface area contributed by atoms with Crippen molar-refractivity contribution in [3.05, 3.63) is 35.9 Å². The molecule has 0 spiro atoms. The van der Waals surface area contributed by atoms with E-state index in [1.807, 2.05) is 6.07 Å². The fourth-order valence-corrected chi connectivity index (χ4v) is 1.97. The summed E-state index contributed by atoms with van der Waals surface area (Å²) in [6.45, 7) is 9.32. The molecule has 0 unspecified atom stereocenters. The van der Waals surface area contributed by atoms with Gasteiger partial charge < -0.3 is 9.74 Å². The van der Waals surface area contributed by atoms with Crippen molar-refractivity contribution in [1.29, 1.82) is 0 Å². The van der Waals surface area contributed by atoms with E-state index in [4.69, 9.17) is 4.43 Å². The molecule has 0 amide bonds. The second-order valence-electron chi connectivity index (χ2n) is 4.62. The van der Waals surface area contributed by atoms with Crippen molar-refractivity contribution in [2.45, 2.75) is 26.2 Å². The van der Waals surface area contributed by atoms with Crippen LogP contribution in [-0.4, -0.2) is 21.5 Å². The van der Waals surface area contributed by atoms with Gasteiger partial charge in [0.2, 0.25) is 0 Å². The third kappa shape index (κ3) is 6.44. The maximum absolute atomic E-state index is 5.74. The second kappa shape index (κ2) is 6.05. The van der Waals surface area contributed by atoms with E-state index in [1.165, 1.54) is 5.56 Å². The molecule has 3 heteroatoms. The Morgan fingerprint density at radius 3 is 2.40 bits per heavy atom. The van der Waals surface area contributed by atoms with Gasteiger partial charge in [-0.25, -0.2) is 0 Å². The van der Waals surface area contributed by atoms with Crippen LogP contribution in [0.25, 0.3) is 0 Å². The Morgan fingerprint density at radius 1 is 1.13 bits per heavy atom. The summed E-state index contributed by atoms with van der Waals surface area (Å²) in [5.74, 6) is 0. The molecular formula is C12H21NOSi. The summed E-state index contributed by atoms with van der Waals surface area (Å²) in [4.78, 5) is 0. The minimum Gasteiger partial charge on any atom is -0.416 e. The van der Waals surface area contributed by atoms with Crippen molar-refractivity contribution in [1.82, 2.24) is 5.32 Å². The van der Waals surface area contributed by atoms with Gasteiger partial charge in [0.25, 0.3) is 0 Å². The lowest BCUT2D eigenvalue weighted by Crippen LogP contribution is -2.30. The highest BCUT2D eigenvalue weighted by atomic mass is 28.4. The Kier molecular flexibility index (Phi) is 5.01. The van der Waals surface area contributed by atoms with Gasteiger partial charge in [0, 0.05) is 19.7 Å². The average Bonchev–Trinajstić information content (AvgIpc) is 2.17. The van der Waals surface area contributed by atoms with Crippen molar-refractivity contribution in [2.24, 2.45) is 0 Å². The van der Waals surface area contributed by atoms with Crippen LogP contribution < -0.4 is 5.32 Å². The molecule has 0 aromatic heterocycles. The van der Waals surface area contributed by atoms with Crippen LogP contribution in [0.2, 0.25) is 19.6 Å². The summed E-state index contributed by atoms with van der Waals surface area (Å²) >= 11 is 0. The molecule has 0 fully saturated rings. The summed E-state index contributed by atoms with van der Waals surface area (Å²) in [5.41, 5.74) is 1.32. The Balaban J connectivity index is 2.08. The van der Waals surface area contributed by atoms with E-state index >= 15 is 0 Å². The Hall–Kier alpha value is -0.643. The highest BCUT2D eigenvalue weighted by molar-refractivity contribution is 6.69. The molecule has 0 bridgehead atoms. The third-order valence-electron chi connectivity index (χ3n) is 1.99. The van der Waals surface area contributed by atoms with E-state index in [-0.39, 0.29) is 0 Å². The zero-order valence-corrected chi connectivity index (χ0v) is 10.9. The van der Waals surface area contributed by atoms with Crippen molar-refractivity contribution >= 4 is 8.32 Å². The molecule has 0 aliphatic heterocycles. The third-order valence-corrected chi connectivity index (χ3v) is 3.06. The molecule has 0 atom stereocenters.